The van der Waals surface area contributed by atoms with E-state index in [0.717, 1.165) is 55.2 Å². The van der Waals surface area contributed by atoms with Gasteiger partial charge in [0.15, 0.2) is 0 Å². The second-order valence-electron chi connectivity index (χ2n) is 9.83. The van der Waals surface area contributed by atoms with Crippen molar-refractivity contribution in [2.45, 2.75) is 13.8 Å². The first kappa shape index (κ1) is 25.4. The molecule has 0 fully saturated rings. The van der Waals surface area contributed by atoms with Crippen molar-refractivity contribution in [3.05, 3.63) is 144 Å². The van der Waals surface area contributed by atoms with Crippen LogP contribution < -0.4 is 5.56 Å². The molecule has 0 N–H and O–H groups in total. The number of aromatic nitrogens is 4. The Morgan fingerprint density at radius 2 is 1.07 bits per heavy atom. The lowest BCUT2D eigenvalue weighted by Crippen LogP contribution is -2.23. The Morgan fingerprint density at radius 3 is 1.79 bits per heavy atom. The van der Waals surface area contributed by atoms with Crippen molar-refractivity contribution < 1.29 is 0 Å². The van der Waals surface area contributed by atoms with Crippen LogP contribution in [0.1, 0.15) is 13.8 Å². The highest BCUT2D eigenvalue weighted by atomic mass is 16.1. The Balaban J connectivity index is 0.00000141. The zero-order chi connectivity index (χ0) is 28.6. The number of hydrogen-bond donors (Lipinski definition) is 0. The van der Waals surface area contributed by atoms with Crippen LogP contribution in [0.5, 0.6) is 0 Å². The van der Waals surface area contributed by atoms with Gasteiger partial charge in [0.1, 0.15) is 5.52 Å². The van der Waals surface area contributed by atoms with Gasteiger partial charge in [-0.05, 0) is 29.8 Å². The molecule has 0 atom stereocenters. The smallest absolute Gasteiger partial charge is 0.282 e. The van der Waals surface area contributed by atoms with Gasteiger partial charge in [0.2, 0.25) is 5.95 Å². The van der Waals surface area contributed by atoms with Gasteiger partial charge in [0, 0.05) is 21.9 Å². The van der Waals surface area contributed by atoms with E-state index in [-0.39, 0.29) is 5.56 Å². The van der Waals surface area contributed by atoms with E-state index in [9.17, 15) is 4.79 Å². The van der Waals surface area contributed by atoms with Crippen LogP contribution in [0.3, 0.4) is 0 Å². The molecule has 0 amide bonds. The van der Waals surface area contributed by atoms with E-state index in [4.69, 9.17) is 9.97 Å². The minimum absolute atomic E-state index is 0.164. The predicted octanol–water partition coefficient (Wildman–Crippen LogP) is 8.70. The molecule has 202 valence electrons. The van der Waals surface area contributed by atoms with Gasteiger partial charge in [-0.1, -0.05) is 123 Å². The highest BCUT2D eigenvalue weighted by Crippen LogP contribution is 2.36. The van der Waals surface area contributed by atoms with Crippen LogP contribution in [0.2, 0.25) is 0 Å². The minimum atomic E-state index is -0.164. The first-order valence-corrected chi connectivity index (χ1v) is 14.2. The Kier molecular flexibility index (Phi) is 6.32. The molecule has 8 rings (SSSR count). The quantitative estimate of drug-likeness (QED) is 0.224. The highest BCUT2D eigenvalue weighted by molar-refractivity contribution is 6.08. The molecular formula is C37H28N4O. The van der Waals surface area contributed by atoms with E-state index in [1.54, 1.807) is 4.57 Å². The van der Waals surface area contributed by atoms with Gasteiger partial charge < -0.3 is 4.40 Å². The number of rotatable bonds is 3. The highest BCUT2D eigenvalue weighted by Gasteiger charge is 2.23. The molecule has 0 aliphatic carbocycles. The van der Waals surface area contributed by atoms with Crippen LogP contribution in [-0.4, -0.2) is 18.9 Å². The van der Waals surface area contributed by atoms with Crippen LogP contribution in [-0.2, 0) is 0 Å². The molecule has 42 heavy (non-hydrogen) atoms. The largest absolute Gasteiger partial charge is 0.302 e. The fourth-order valence-electron chi connectivity index (χ4n) is 5.83. The van der Waals surface area contributed by atoms with Crippen molar-refractivity contribution in [3.8, 4) is 28.3 Å². The summed E-state index contributed by atoms with van der Waals surface area (Å²) in [6.45, 7) is 4.00. The van der Waals surface area contributed by atoms with Crippen molar-refractivity contribution in [3.63, 3.8) is 0 Å². The van der Waals surface area contributed by atoms with Gasteiger partial charge in [-0.15, -0.1) is 0 Å². The molecular weight excluding hydrogens is 516 g/mol. The SMILES string of the molecule is CC.O=c1c2c(-c3ccccc3)c3ccccc3n2c2ccccc2n1-c1nc(-c2ccccc2)c2ccccc2n1. The van der Waals surface area contributed by atoms with Crippen LogP contribution in [0.4, 0.5) is 0 Å². The summed E-state index contributed by atoms with van der Waals surface area (Å²) < 4.78 is 3.76. The predicted molar refractivity (Wildman–Crippen MR) is 173 cm³/mol. The zero-order valence-electron chi connectivity index (χ0n) is 23.4. The van der Waals surface area contributed by atoms with Crippen molar-refractivity contribution in [2.75, 3.05) is 0 Å². The summed E-state index contributed by atoms with van der Waals surface area (Å²) in [5.41, 5.74) is 7.52. The average Bonchev–Trinajstić information content (AvgIpc) is 3.42. The normalized spacial score (nSPS) is 11.2. The summed E-state index contributed by atoms with van der Waals surface area (Å²) in [5.74, 6) is 0.352. The van der Waals surface area contributed by atoms with Gasteiger partial charge in [0.25, 0.3) is 5.56 Å². The summed E-state index contributed by atoms with van der Waals surface area (Å²) in [5, 5.41) is 1.97. The molecule has 0 aliphatic heterocycles. The Hall–Kier alpha value is -5.55. The van der Waals surface area contributed by atoms with Gasteiger partial charge in [-0.25, -0.2) is 14.5 Å². The van der Waals surface area contributed by atoms with Crippen LogP contribution >= 0.6 is 0 Å². The van der Waals surface area contributed by atoms with E-state index in [1.165, 1.54) is 0 Å². The fourth-order valence-corrected chi connectivity index (χ4v) is 5.83. The van der Waals surface area contributed by atoms with Crippen LogP contribution in [0.25, 0.3) is 66.7 Å². The van der Waals surface area contributed by atoms with Gasteiger partial charge in [-0.2, -0.15) is 0 Å². The summed E-state index contributed by atoms with van der Waals surface area (Å²) >= 11 is 0. The third kappa shape index (κ3) is 3.90. The molecule has 0 saturated heterocycles. The van der Waals surface area contributed by atoms with E-state index >= 15 is 0 Å². The van der Waals surface area contributed by atoms with E-state index in [0.29, 0.717) is 11.5 Å². The van der Waals surface area contributed by atoms with Gasteiger partial charge >= 0.3 is 0 Å². The van der Waals surface area contributed by atoms with E-state index < -0.39 is 0 Å². The number of nitrogens with zero attached hydrogens (tertiary/aromatic N) is 4. The molecule has 0 unspecified atom stereocenters. The topological polar surface area (TPSA) is 52.2 Å². The molecule has 8 aromatic rings. The molecule has 0 saturated carbocycles. The Labute approximate surface area is 243 Å². The maximum Gasteiger partial charge on any atom is 0.282 e. The summed E-state index contributed by atoms with van der Waals surface area (Å²) in [6.07, 6.45) is 0. The maximum absolute atomic E-state index is 14.8. The lowest BCUT2D eigenvalue weighted by atomic mass is 10.0. The maximum atomic E-state index is 14.8. The summed E-state index contributed by atoms with van der Waals surface area (Å²) in [6, 6.07) is 44.3. The number of fused-ring (bicyclic) bond motifs is 6. The number of para-hydroxylation sites is 4. The third-order valence-electron chi connectivity index (χ3n) is 7.55. The molecule has 3 aromatic heterocycles. The van der Waals surface area contributed by atoms with Crippen LogP contribution in [0, 0.1) is 0 Å². The Bertz CT molecular complexity index is 2280. The third-order valence-corrected chi connectivity index (χ3v) is 7.55. The minimum Gasteiger partial charge on any atom is -0.302 e. The molecule has 0 aliphatic rings. The second kappa shape index (κ2) is 10.5. The van der Waals surface area contributed by atoms with Crippen molar-refractivity contribution in [1.29, 1.82) is 0 Å². The fraction of sp³-hybridized carbons (Fsp3) is 0.0541. The number of hydrogen-bond acceptors (Lipinski definition) is 3. The first-order valence-electron chi connectivity index (χ1n) is 14.2. The van der Waals surface area contributed by atoms with Crippen molar-refractivity contribution in [2.24, 2.45) is 0 Å². The van der Waals surface area contributed by atoms with Crippen LogP contribution in [0.15, 0.2) is 138 Å². The lowest BCUT2D eigenvalue weighted by Gasteiger charge is -2.15. The lowest BCUT2D eigenvalue weighted by molar-refractivity contribution is 0.933. The average molecular weight is 545 g/mol. The van der Waals surface area contributed by atoms with E-state index in [2.05, 4.69) is 34.7 Å². The molecule has 0 radical (unpaired) electrons. The second-order valence-corrected chi connectivity index (χ2v) is 9.83. The Morgan fingerprint density at radius 1 is 0.524 bits per heavy atom. The van der Waals surface area contributed by atoms with Crippen molar-refractivity contribution >= 4 is 38.4 Å². The molecule has 5 aromatic carbocycles. The van der Waals surface area contributed by atoms with Crippen molar-refractivity contribution in [1.82, 2.24) is 18.9 Å². The molecule has 5 nitrogen and oxygen atoms in total. The molecule has 0 bridgehead atoms. The number of benzene rings is 5. The summed E-state index contributed by atoms with van der Waals surface area (Å²) in [7, 11) is 0. The molecule has 0 spiro atoms. The van der Waals surface area contributed by atoms with E-state index in [1.807, 2.05) is 117 Å². The monoisotopic (exact) mass is 544 g/mol. The van der Waals surface area contributed by atoms with Gasteiger partial charge in [-0.3, -0.25) is 4.79 Å². The first-order chi connectivity index (χ1) is 20.8. The standard InChI is InChI=1S/C35H22N4O.C2H6/c40-34-33-31(23-13-3-1-4-14-23)26-18-8-10-20-28(26)38(33)29-21-11-12-22-30(29)39(34)35-36-27-19-9-7-17-25(27)32(37-35)24-15-5-2-6-16-24;1-2/h1-22H;1-2H3. The summed E-state index contributed by atoms with van der Waals surface area (Å²) in [4.78, 5) is 24.8. The molecule has 5 heteroatoms. The zero-order valence-corrected chi connectivity index (χ0v) is 23.4. The molecule has 3 heterocycles. The van der Waals surface area contributed by atoms with Gasteiger partial charge in [0.05, 0.1) is 27.8 Å².